The summed E-state index contributed by atoms with van der Waals surface area (Å²) in [6, 6.07) is 13.4. The molecule has 0 saturated carbocycles. The van der Waals surface area contributed by atoms with Crippen molar-refractivity contribution in [2.75, 3.05) is 25.5 Å². The van der Waals surface area contributed by atoms with Gasteiger partial charge in [-0.25, -0.2) is 23.5 Å². The predicted molar refractivity (Wildman–Crippen MR) is 211 cm³/mol. The van der Waals surface area contributed by atoms with E-state index >= 15 is 4.39 Å². The first kappa shape index (κ1) is 47.3. The number of pyridine rings is 1. The Labute approximate surface area is 351 Å². The Hall–Kier alpha value is -5.07. The van der Waals surface area contributed by atoms with Crippen LogP contribution in [0.5, 0.6) is 0 Å². The molecule has 0 spiro atoms. The lowest BCUT2D eigenvalue weighted by Gasteiger charge is -2.32. The second-order valence-corrected chi connectivity index (χ2v) is 15.0. The first-order chi connectivity index (χ1) is 26.5. The monoisotopic (exact) mass is 862 g/mol. The first-order valence-electron chi connectivity index (χ1n) is 17.6. The molecule has 5 rings (SSSR count). The molecule has 3 aromatic heterocycles. The van der Waals surface area contributed by atoms with Crippen molar-refractivity contribution >= 4 is 47.5 Å². The van der Waals surface area contributed by atoms with Crippen LogP contribution < -0.4 is 27.2 Å². The summed E-state index contributed by atoms with van der Waals surface area (Å²) >= 11 is 1.25. The maximum atomic E-state index is 15.5. The number of carbonyl (C=O) groups excluding carboxylic acids is 2. The number of halogens is 4. The molecule has 0 radical (unpaired) electrons. The first-order valence-corrected chi connectivity index (χ1v) is 18.5. The number of aromatic nitrogens is 5. The Morgan fingerprint density at radius 3 is 2.50 bits per heavy atom. The summed E-state index contributed by atoms with van der Waals surface area (Å²) in [7, 11) is 3.09. The van der Waals surface area contributed by atoms with Gasteiger partial charge in [0.1, 0.15) is 41.8 Å². The zero-order valence-electron chi connectivity index (χ0n) is 32.9. The quantitative estimate of drug-likeness (QED) is 0.0653. The molecule has 0 aliphatic heterocycles. The predicted octanol–water partition coefficient (Wildman–Crippen LogP) is 3.28. The Bertz CT molecular complexity index is 2190. The van der Waals surface area contributed by atoms with Crippen LogP contribution in [-0.2, 0) is 37.8 Å². The molecule has 3 heterocycles. The molecule has 58 heavy (non-hydrogen) atoms. The fourth-order valence-electron chi connectivity index (χ4n) is 5.69. The molecule has 19 heteroatoms. The Morgan fingerprint density at radius 1 is 1.12 bits per heavy atom. The van der Waals surface area contributed by atoms with Crippen molar-refractivity contribution in [1.29, 1.82) is 5.41 Å². The summed E-state index contributed by atoms with van der Waals surface area (Å²) in [5, 5.41) is 30.0. The van der Waals surface area contributed by atoms with E-state index < -0.39 is 47.0 Å². The third-order valence-electron chi connectivity index (χ3n) is 8.72. The van der Waals surface area contributed by atoms with Gasteiger partial charge in [0.05, 0.1) is 17.2 Å². The average Bonchev–Trinajstić information content (AvgIpc) is 3.84. The molecule has 0 aliphatic rings. The van der Waals surface area contributed by atoms with Gasteiger partial charge in [0.15, 0.2) is 0 Å². The van der Waals surface area contributed by atoms with Crippen molar-refractivity contribution in [1.82, 2.24) is 25.1 Å². The minimum atomic E-state index is -2.06. The molecular weight excluding hydrogens is 817 g/mol. The average molecular weight is 864 g/mol. The van der Waals surface area contributed by atoms with Gasteiger partial charge >= 0.3 is 12.1 Å². The Morgan fingerprint density at radius 2 is 1.83 bits per heavy atom. The number of nitrogens with one attached hydrogen (secondary N) is 2. The standard InChI is InChI=1S/C39H45F2N8O6S.2ClH/c1-24(36-46-32(20-56-36)26-10-12-27(13-11-26)34(42)55-38(3,4)5)39(52,30-17-29(40)14-15-31(30)41)21-49-23-48(22-45-49)25(2)54-37(51)47(7)35-28(9-8-16-44-35)19-53-33(50)18-43-6;;/h8-17,20,22-25,42-43,52H,18-19,21H2,1-7H3;2*1H/q+1;;/p-1/t24-,25?,39+;;/m0../s1. The van der Waals surface area contributed by atoms with Gasteiger partial charge in [-0.1, -0.05) is 25.1 Å². The third-order valence-corrected chi connectivity index (χ3v) is 9.75. The molecule has 0 aliphatic carbocycles. The lowest BCUT2D eigenvalue weighted by Crippen LogP contribution is -3.00. The highest BCUT2D eigenvalue weighted by atomic mass is 35.5. The second kappa shape index (κ2) is 20.1. The number of esters is 1. The van der Waals surface area contributed by atoms with Crippen LogP contribution in [0.1, 0.15) is 68.5 Å². The van der Waals surface area contributed by atoms with E-state index in [1.165, 1.54) is 51.4 Å². The number of hydrogen-bond donors (Lipinski definition) is 3. The van der Waals surface area contributed by atoms with Crippen LogP contribution in [0, 0.1) is 17.0 Å². The van der Waals surface area contributed by atoms with Crippen LogP contribution in [0.4, 0.5) is 19.4 Å². The van der Waals surface area contributed by atoms with Gasteiger partial charge in [-0.3, -0.25) is 15.1 Å². The Balaban J connectivity index is 0.00000450. The van der Waals surface area contributed by atoms with Gasteiger partial charge in [0.2, 0.25) is 18.5 Å². The molecule has 0 fully saturated rings. The second-order valence-electron chi connectivity index (χ2n) is 14.1. The highest BCUT2D eigenvalue weighted by molar-refractivity contribution is 7.10. The zero-order valence-corrected chi connectivity index (χ0v) is 35.3. The van der Waals surface area contributed by atoms with Crippen LogP contribution in [0.2, 0.25) is 0 Å². The van der Waals surface area contributed by atoms with Crippen molar-refractivity contribution in [3.05, 3.63) is 112 Å². The van der Waals surface area contributed by atoms with Gasteiger partial charge in [0.25, 0.3) is 6.33 Å². The van der Waals surface area contributed by atoms with Gasteiger partial charge in [-0.15, -0.1) is 28.4 Å². The van der Waals surface area contributed by atoms with E-state index in [1.54, 1.807) is 50.5 Å². The minimum Gasteiger partial charge on any atom is -1.00 e. The normalized spacial score (nSPS) is 13.2. The molecule has 2 aromatic carbocycles. The molecular formula is C39H46Cl2F2N8O6S. The lowest BCUT2D eigenvalue weighted by molar-refractivity contribution is -0.753. The number of nitrogens with zero attached hydrogens (tertiary/aromatic N) is 6. The van der Waals surface area contributed by atoms with E-state index in [-0.39, 0.29) is 61.8 Å². The number of carbonyl (C=O) groups is 2. The summed E-state index contributed by atoms with van der Waals surface area (Å²) in [5.74, 6) is -2.62. The fraction of sp³-hybridized carbons (Fsp3) is 0.359. The van der Waals surface area contributed by atoms with Gasteiger partial charge < -0.3 is 37.0 Å². The van der Waals surface area contributed by atoms with Crippen LogP contribution in [0.3, 0.4) is 0 Å². The zero-order chi connectivity index (χ0) is 40.8. The highest BCUT2D eigenvalue weighted by Crippen LogP contribution is 2.41. The third kappa shape index (κ3) is 11.5. The molecule has 1 unspecified atom stereocenters. The van der Waals surface area contributed by atoms with Crippen LogP contribution in [-0.4, -0.2) is 69.1 Å². The number of ether oxygens (including phenoxy) is 3. The van der Waals surface area contributed by atoms with Crippen LogP contribution in [0.15, 0.2) is 78.8 Å². The van der Waals surface area contributed by atoms with Gasteiger partial charge in [-0.2, -0.15) is 4.57 Å². The number of likely N-dealkylation sites (N-methyl/N-ethyl adjacent to an activating group) is 1. The van der Waals surface area contributed by atoms with Crippen LogP contribution >= 0.6 is 23.7 Å². The molecule has 3 atom stereocenters. The topological polar surface area (TPSA) is 169 Å². The fourth-order valence-corrected chi connectivity index (χ4v) is 6.66. The molecule has 312 valence electrons. The number of rotatable bonds is 14. The summed E-state index contributed by atoms with van der Waals surface area (Å²) < 4.78 is 49.5. The Kier molecular flexibility index (Phi) is 16.4. The molecule has 1 amide bonds. The lowest BCUT2D eigenvalue weighted by atomic mass is 9.82. The summed E-state index contributed by atoms with van der Waals surface area (Å²) in [6.07, 6.45) is 2.65. The highest BCUT2D eigenvalue weighted by Gasteiger charge is 2.43. The maximum absolute atomic E-state index is 15.5. The van der Waals surface area contributed by atoms with Crippen molar-refractivity contribution in [3.63, 3.8) is 0 Å². The van der Waals surface area contributed by atoms with Crippen LogP contribution in [0.25, 0.3) is 11.3 Å². The summed E-state index contributed by atoms with van der Waals surface area (Å²) in [6.45, 7) is 8.45. The molecule has 3 N–H and O–H groups in total. The number of anilines is 1. The number of amides is 1. The number of thiazole rings is 1. The van der Waals surface area contributed by atoms with E-state index in [2.05, 4.69) is 15.4 Å². The SMILES string of the molecule is CNCC(=O)OCc1cccnc1N(C)C(=O)OC(C)[n+]1cnn(C[C@](O)(c2cc(F)ccc2F)[C@@H](C)c2nc(-c3ccc(C(=N)OC(C)(C)C)cc3)cs2)c1.Cl.[Cl-]. The minimum absolute atomic E-state index is 0. The van der Waals surface area contributed by atoms with Crippen molar-refractivity contribution in [3.8, 4) is 11.3 Å². The smallest absolute Gasteiger partial charge is 0.418 e. The number of aliphatic hydroxyl groups is 1. The van der Waals surface area contributed by atoms with E-state index in [9.17, 15) is 19.1 Å². The molecule has 0 saturated heterocycles. The number of benzene rings is 2. The van der Waals surface area contributed by atoms with Crippen molar-refractivity contribution in [2.24, 2.45) is 0 Å². The van der Waals surface area contributed by atoms with Crippen molar-refractivity contribution in [2.45, 2.75) is 71.1 Å². The summed E-state index contributed by atoms with van der Waals surface area (Å²) in [4.78, 5) is 35.3. The summed E-state index contributed by atoms with van der Waals surface area (Å²) in [5.41, 5.74) is -0.435. The number of hydrogen-bond acceptors (Lipinski definition) is 12. The maximum Gasteiger partial charge on any atom is 0.418 e. The van der Waals surface area contributed by atoms with E-state index in [0.29, 0.717) is 21.8 Å². The molecule has 5 aromatic rings. The largest absolute Gasteiger partial charge is 1.00 e. The van der Waals surface area contributed by atoms with Gasteiger partial charge in [-0.05, 0) is 64.2 Å². The molecule has 0 bridgehead atoms. The van der Waals surface area contributed by atoms with E-state index in [4.69, 9.17) is 24.6 Å². The van der Waals surface area contributed by atoms with E-state index in [1.807, 2.05) is 32.9 Å². The van der Waals surface area contributed by atoms with E-state index in [0.717, 1.165) is 23.8 Å². The van der Waals surface area contributed by atoms with Gasteiger partial charge in [0, 0.05) is 58.8 Å². The molecule has 14 nitrogen and oxygen atoms in total. The van der Waals surface area contributed by atoms with Crippen molar-refractivity contribution < 1.29 is 54.7 Å².